The molecule has 3 aromatic rings. The van der Waals surface area contributed by atoms with Crippen molar-refractivity contribution in [3.8, 4) is 11.8 Å². The fourth-order valence-electron chi connectivity index (χ4n) is 4.91. The van der Waals surface area contributed by atoms with Gasteiger partial charge in [-0.15, -0.1) is 11.3 Å². The van der Waals surface area contributed by atoms with Gasteiger partial charge in [-0.05, 0) is 64.4 Å². The minimum Gasteiger partial charge on any atom is -0.497 e. The van der Waals surface area contributed by atoms with E-state index in [-0.39, 0.29) is 22.4 Å². The summed E-state index contributed by atoms with van der Waals surface area (Å²) in [5, 5.41) is 20.1. The van der Waals surface area contributed by atoms with Crippen LogP contribution in [0.4, 0.5) is 24.0 Å². The average molecular weight is 594 g/mol. The van der Waals surface area contributed by atoms with Crippen molar-refractivity contribution in [1.29, 1.82) is 5.26 Å². The quantitative estimate of drug-likeness (QED) is 0.354. The molecular formula is C25H23BrF3N5O2S. The summed E-state index contributed by atoms with van der Waals surface area (Å²) in [4.78, 5) is 14.3. The Hall–Kier alpha value is -3.04. The molecule has 3 heterocycles. The zero-order valence-corrected chi connectivity index (χ0v) is 22.4. The molecule has 1 amide bonds. The number of nitriles is 1. The Morgan fingerprint density at radius 3 is 2.73 bits per heavy atom. The largest absolute Gasteiger partial charge is 0.497 e. The number of nitrogens with one attached hydrogen (secondary N) is 2. The number of carbonyl (C=O) groups is 1. The Kier molecular flexibility index (Phi) is 6.70. The smallest absolute Gasteiger partial charge is 0.410 e. The van der Waals surface area contributed by atoms with Crippen LogP contribution in [0.5, 0.6) is 5.75 Å². The number of alkyl halides is 3. The highest BCUT2D eigenvalue weighted by molar-refractivity contribution is 9.10. The zero-order chi connectivity index (χ0) is 26.5. The second kappa shape index (κ2) is 9.68. The lowest BCUT2D eigenvalue weighted by molar-refractivity contribution is -0.173. The molecule has 2 aliphatic rings. The summed E-state index contributed by atoms with van der Waals surface area (Å²) < 4.78 is 48.5. The van der Waals surface area contributed by atoms with E-state index in [4.69, 9.17) is 4.74 Å². The fraction of sp³-hybridized carbons (Fsp3) is 0.400. The van der Waals surface area contributed by atoms with Crippen molar-refractivity contribution in [1.82, 2.24) is 9.78 Å². The number of nitrogens with zero attached hydrogens (tertiary/aromatic N) is 3. The highest BCUT2D eigenvalue weighted by Gasteiger charge is 2.48. The SMILES string of the molecule is COc1ccc([C@@H]2C[C@@H](C(F)(F)F)n3nc(C(=O)Nc4sc5c(c4C#N)CC[C@@H](C)C5)c(Br)c3N2)cc1. The Balaban J connectivity index is 1.47. The monoisotopic (exact) mass is 593 g/mol. The molecule has 1 aliphatic heterocycles. The van der Waals surface area contributed by atoms with Gasteiger partial charge in [0.05, 0.1) is 23.2 Å². The summed E-state index contributed by atoms with van der Waals surface area (Å²) in [5.41, 5.74) is 1.84. The first kappa shape index (κ1) is 25.6. The molecule has 0 bridgehead atoms. The summed E-state index contributed by atoms with van der Waals surface area (Å²) >= 11 is 4.66. The molecule has 1 aromatic carbocycles. The second-order valence-electron chi connectivity index (χ2n) is 9.34. The Bertz CT molecular complexity index is 1390. The van der Waals surface area contributed by atoms with Gasteiger partial charge in [-0.1, -0.05) is 19.1 Å². The van der Waals surface area contributed by atoms with E-state index >= 15 is 0 Å². The first-order chi connectivity index (χ1) is 17.6. The Morgan fingerprint density at radius 1 is 1.35 bits per heavy atom. The molecule has 0 saturated heterocycles. The maximum absolute atomic E-state index is 14.1. The van der Waals surface area contributed by atoms with Crippen LogP contribution < -0.4 is 15.4 Å². The summed E-state index contributed by atoms with van der Waals surface area (Å²) in [7, 11) is 1.52. The number of amides is 1. The lowest BCUT2D eigenvalue weighted by Crippen LogP contribution is -2.35. The number of fused-ring (bicyclic) bond motifs is 2. The molecular weight excluding hydrogens is 571 g/mol. The number of anilines is 2. The molecule has 0 fully saturated rings. The molecule has 37 heavy (non-hydrogen) atoms. The van der Waals surface area contributed by atoms with Crippen molar-refractivity contribution in [3.05, 3.63) is 56.0 Å². The predicted molar refractivity (Wildman–Crippen MR) is 137 cm³/mol. The van der Waals surface area contributed by atoms with E-state index in [1.807, 2.05) is 0 Å². The number of rotatable bonds is 4. The lowest BCUT2D eigenvalue weighted by Gasteiger charge is -2.33. The topological polar surface area (TPSA) is 92.0 Å². The van der Waals surface area contributed by atoms with Gasteiger partial charge in [0.25, 0.3) is 5.91 Å². The van der Waals surface area contributed by atoms with E-state index in [1.165, 1.54) is 18.4 Å². The van der Waals surface area contributed by atoms with Gasteiger partial charge in [-0.25, -0.2) is 4.68 Å². The summed E-state index contributed by atoms with van der Waals surface area (Å²) in [6, 6.07) is 6.39. The lowest BCUT2D eigenvalue weighted by atomic mass is 9.89. The van der Waals surface area contributed by atoms with Gasteiger partial charge < -0.3 is 15.4 Å². The van der Waals surface area contributed by atoms with Gasteiger partial charge in [0.15, 0.2) is 11.7 Å². The van der Waals surface area contributed by atoms with Crippen molar-refractivity contribution in [3.63, 3.8) is 0 Å². The third-order valence-corrected chi connectivity index (χ3v) is 8.80. The normalized spacial score (nSPS) is 20.8. The molecule has 3 atom stereocenters. The first-order valence-corrected chi connectivity index (χ1v) is 13.3. The van der Waals surface area contributed by atoms with Crippen LogP contribution in [-0.4, -0.2) is 29.0 Å². The van der Waals surface area contributed by atoms with Gasteiger partial charge >= 0.3 is 6.18 Å². The molecule has 0 radical (unpaired) electrons. The molecule has 1 aliphatic carbocycles. The Morgan fingerprint density at radius 2 is 2.08 bits per heavy atom. The van der Waals surface area contributed by atoms with Crippen molar-refractivity contribution < 1.29 is 22.7 Å². The molecule has 0 saturated carbocycles. The summed E-state index contributed by atoms with van der Waals surface area (Å²) in [6.45, 7) is 2.14. The number of benzene rings is 1. The number of thiophene rings is 1. The molecule has 2 aromatic heterocycles. The second-order valence-corrected chi connectivity index (χ2v) is 11.2. The minimum atomic E-state index is -4.59. The van der Waals surface area contributed by atoms with Crippen LogP contribution in [0.1, 0.15) is 63.9 Å². The first-order valence-electron chi connectivity index (χ1n) is 11.7. The average Bonchev–Trinajstić information content (AvgIpc) is 3.39. The molecule has 12 heteroatoms. The Labute approximate surface area is 223 Å². The summed E-state index contributed by atoms with van der Waals surface area (Å²) in [5.74, 6) is 0.470. The highest BCUT2D eigenvalue weighted by atomic mass is 79.9. The van der Waals surface area contributed by atoms with Gasteiger partial charge in [0, 0.05) is 11.3 Å². The van der Waals surface area contributed by atoms with Crippen LogP contribution in [0.15, 0.2) is 28.7 Å². The van der Waals surface area contributed by atoms with E-state index in [0.29, 0.717) is 27.8 Å². The van der Waals surface area contributed by atoms with Gasteiger partial charge in [0.2, 0.25) is 0 Å². The van der Waals surface area contributed by atoms with Crippen LogP contribution in [0.3, 0.4) is 0 Å². The molecule has 0 spiro atoms. The predicted octanol–water partition coefficient (Wildman–Crippen LogP) is 6.62. The summed E-state index contributed by atoms with van der Waals surface area (Å²) in [6.07, 6.45) is -2.33. The third kappa shape index (κ3) is 4.70. The van der Waals surface area contributed by atoms with E-state index < -0.39 is 24.2 Å². The van der Waals surface area contributed by atoms with Gasteiger partial charge in [0.1, 0.15) is 22.6 Å². The van der Waals surface area contributed by atoms with Crippen LogP contribution in [0.25, 0.3) is 0 Å². The van der Waals surface area contributed by atoms with Crippen molar-refractivity contribution in [2.24, 2.45) is 5.92 Å². The third-order valence-electron chi connectivity index (χ3n) is 6.88. The highest BCUT2D eigenvalue weighted by Crippen LogP contribution is 2.47. The van der Waals surface area contributed by atoms with Crippen LogP contribution >= 0.6 is 27.3 Å². The van der Waals surface area contributed by atoms with E-state index in [2.05, 4.69) is 44.7 Å². The minimum absolute atomic E-state index is 0.0688. The molecule has 0 unspecified atom stereocenters. The number of hydrogen-bond acceptors (Lipinski definition) is 6. The molecule has 5 rings (SSSR count). The number of hydrogen-bond donors (Lipinski definition) is 2. The maximum atomic E-state index is 14.1. The van der Waals surface area contributed by atoms with Gasteiger partial charge in [-0.2, -0.15) is 23.5 Å². The number of aromatic nitrogens is 2. The molecule has 7 nitrogen and oxygen atoms in total. The van der Waals surface area contributed by atoms with Crippen molar-refractivity contribution in [2.45, 2.75) is 50.9 Å². The van der Waals surface area contributed by atoms with E-state index in [0.717, 1.165) is 34.4 Å². The standard InChI is InChI=1S/C25H23BrF3N5O2S/c1-12-3-8-15-16(11-30)24(37-18(15)9-12)32-23(35)21-20(26)22-31-17(13-4-6-14(36-2)7-5-13)10-19(25(27,28)29)34(22)33-21/h4-7,12,17,19,31H,3,8-10H2,1-2H3,(H,32,35)/t12-,17+,19+/m1/s1. The number of carbonyl (C=O) groups excluding carboxylic acids is 1. The van der Waals surface area contributed by atoms with E-state index in [9.17, 15) is 23.2 Å². The maximum Gasteiger partial charge on any atom is 0.410 e. The fourth-order valence-corrected chi connectivity index (χ4v) is 6.82. The van der Waals surface area contributed by atoms with Crippen LogP contribution in [0.2, 0.25) is 0 Å². The number of ether oxygens (including phenoxy) is 1. The number of halogens is 4. The van der Waals surface area contributed by atoms with E-state index in [1.54, 1.807) is 24.3 Å². The van der Waals surface area contributed by atoms with Crippen molar-refractivity contribution >= 4 is 44.0 Å². The molecule has 194 valence electrons. The van der Waals surface area contributed by atoms with Crippen LogP contribution in [-0.2, 0) is 12.8 Å². The zero-order valence-electron chi connectivity index (χ0n) is 19.9. The van der Waals surface area contributed by atoms with Gasteiger partial charge in [-0.3, -0.25) is 4.79 Å². The number of methoxy groups -OCH3 is 1. The van der Waals surface area contributed by atoms with Crippen LogP contribution in [0, 0.1) is 17.2 Å². The van der Waals surface area contributed by atoms with Crippen molar-refractivity contribution in [2.75, 3.05) is 17.7 Å². The molecule has 2 N–H and O–H groups in total.